The van der Waals surface area contributed by atoms with Crippen LogP contribution in [0.2, 0.25) is 0 Å². The fourth-order valence-corrected chi connectivity index (χ4v) is 0.902. The Kier molecular flexibility index (Phi) is 4.79. The van der Waals surface area contributed by atoms with Gasteiger partial charge < -0.3 is 20.6 Å². The Morgan fingerprint density at radius 2 is 2.08 bits per heavy atom. The molecule has 0 fully saturated rings. The fraction of sp³-hybridized carbons (Fsp3) is 0.625. The number of hydrogen-bond acceptors (Lipinski definition) is 5. The lowest BCUT2D eigenvalue weighted by Gasteiger charge is -2.32. The zero-order valence-corrected chi connectivity index (χ0v) is 7.53. The molecule has 0 aliphatic heterocycles. The Hall–Kier alpha value is -0.750. The lowest BCUT2D eigenvalue weighted by Crippen LogP contribution is -2.61. The third-order valence-electron chi connectivity index (χ3n) is 2.06. The van der Waals surface area contributed by atoms with E-state index in [1.165, 1.54) is 7.05 Å². The maximum Gasteiger partial charge on any atom is 0.185 e. The third-order valence-corrected chi connectivity index (χ3v) is 2.06. The summed E-state index contributed by atoms with van der Waals surface area (Å²) in [5.41, 5.74) is -1.40. The van der Waals surface area contributed by atoms with Gasteiger partial charge in [-0.15, -0.1) is 0 Å². The van der Waals surface area contributed by atoms with E-state index in [1.54, 1.807) is 0 Å². The smallest absolute Gasteiger partial charge is 0.185 e. The molecule has 0 aromatic rings. The second-order valence-corrected chi connectivity index (χ2v) is 2.73. The second-order valence-electron chi connectivity index (χ2n) is 2.73. The quantitative estimate of drug-likeness (QED) is 0.364. The zero-order valence-electron chi connectivity index (χ0n) is 7.53. The Bertz CT molecular complexity index is 180. The molecule has 0 rings (SSSR count). The van der Waals surface area contributed by atoms with Gasteiger partial charge in [0.05, 0.1) is 18.8 Å². The molecule has 0 aliphatic carbocycles. The van der Waals surface area contributed by atoms with Crippen LogP contribution in [0.5, 0.6) is 0 Å². The summed E-state index contributed by atoms with van der Waals surface area (Å²) in [6.07, 6.45) is -0.549. The standard InChI is InChI=1S/C8H15NO4/c1-3-6(12)7(13)8(4-10,5-11)9-2/h3,7,9-11,13H,1,4-5H2,2H3. The topological polar surface area (TPSA) is 89.8 Å². The van der Waals surface area contributed by atoms with Gasteiger partial charge in [-0.1, -0.05) is 6.58 Å². The first-order valence-electron chi connectivity index (χ1n) is 3.83. The number of ketones is 1. The lowest BCUT2D eigenvalue weighted by molar-refractivity contribution is -0.129. The molecule has 1 atom stereocenters. The molecular weight excluding hydrogens is 174 g/mol. The molecule has 4 N–H and O–H groups in total. The van der Waals surface area contributed by atoms with Crippen molar-refractivity contribution in [1.82, 2.24) is 5.32 Å². The van der Waals surface area contributed by atoms with Crippen molar-refractivity contribution in [3.05, 3.63) is 12.7 Å². The molecule has 0 aliphatic rings. The van der Waals surface area contributed by atoms with Crippen LogP contribution in [0.4, 0.5) is 0 Å². The number of hydrogen-bond donors (Lipinski definition) is 4. The molecule has 0 radical (unpaired) electrons. The summed E-state index contributed by atoms with van der Waals surface area (Å²) >= 11 is 0. The van der Waals surface area contributed by atoms with Crippen LogP contribution < -0.4 is 5.32 Å². The van der Waals surface area contributed by atoms with Crippen molar-refractivity contribution in [3.8, 4) is 0 Å². The van der Waals surface area contributed by atoms with Crippen LogP contribution in [0.3, 0.4) is 0 Å². The number of likely N-dealkylation sites (N-methyl/N-ethyl adjacent to an activating group) is 1. The molecule has 76 valence electrons. The maximum absolute atomic E-state index is 11.0. The van der Waals surface area contributed by atoms with Gasteiger partial charge in [0.15, 0.2) is 5.78 Å². The zero-order chi connectivity index (χ0) is 10.5. The van der Waals surface area contributed by atoms with Crippen LogP contribution in [0.15, 0.2) is 12.7 Å². The Labute approximate surface area is 76.7 Å². The summed E-state index contributed by atoms with van der Waals surface area (Å²) in [7, 11) is 1.44. The number of aliphatic hydroxyl groups is 3. The second kappa shape index (κ2) is 5.08. The minimum atomic E-state index is -1.50. The molecule has 5 heteroatoms. The summed E-state index contributed by atoms with van der Waals surface area (Å²) in [6.45, 7) is 2.12. The SMILES string of the molecule is C=CC(=O)C(O)C(CO)(CO)NC. The highest BCUT2D eigenvalue weighted by Crippen LogP contribution is 2.10. The summed E-state index contributed by atoms with van der Waals surface area (Å²) in [6, 6.07) is 0. The van der Waals surface area contributed by atoms with Crippen molar-refractivity contribution in [1.29, 1.82) is 0 Å². The minimum Gasteiger partial charge on any atom is -0.394 e. The van der Waals surface area contributed by atoms with Crippen molar-refractivity contribution >= 4 is 5.78 Å². The van der Waals surface area contributed by atoms with Crippen LogP contribution in [-0.4, -0.2) is 53.0 Å². The number of aliphatic hydroxyl groups excluding tert-OH is 3. The molecule has 5 nitrogen and oxygen atoms in total. The van der Waals surface area contributed by atoms with Gasteiger partial charge in [0.2, 0.25) is 0 Å². The Morgan fingerprint density at radius 1 is 1.62 bits per heavy atom. The first-order chi connectivity index (χ1) is 6.07. The first-order valence-corrected chi connectivity index (χ1v) is 3.83. The molecule has 0 aromatic heterocycles. The molecule has 0 spiro atoms. The van der Waals surface area contributed by atoms with Gasteiger partial charge in [-0.3, -0.25) is 4.79 Å². The van der Waals surface area contributed by atoms with Gasteiger partial charge in [-0.2, -0.15) is 0 Å². The minimum absolute atomic E-state index is 0.541. The van der Waals surface area contributed by atoms with Gasteiger partial charge in [0.1, 0.15) is 6.10 Å². The number of carbonyl (C=O) groups excluding carboxylic acids is 1. The van der Waals surface area contributed by atoms with E-state index in [0.29, 0.717) is 0 Å². The lowest BCUT2D eigenvalue weighted by atomic mass is 9.91. The Morgan fingerprint density at radius 3 is 2.31 bits per heavy atom. The highest BCUT2D eigenvalue weighted by molar-refractivity contribution is 5.94. The predicted molar refractivity (Wildman–Crippen MR) is 47.2 cm³/mol. The van der Waals surface area contributed by atoms with Crippen LogP contribution in [-0.2, 0) is 4.79 Å². The molecule has 0 saturated heterocycles. The summed E-state index contributed by atoms with van der Waals surface area (Å²) < 4.78 is 0. The van der Waals surface area contributed by atoms with Gasteiger partial charge in [0.25, 0.3) is 0 Å². The monoisotopic (exact) mass is 189 g/mol. The molecule has 13 heavy (non-hydrogen) atoms. The summed E-state index contributed by atoms with van der Waals surface area (Å²) in [4.78, 5) is 11.0. The van der Waals surface area contributed by atoms with Gasteiger partial charge in [-0.05, 0) is 13.1 Å². The van der Waals surface area contributed by atoms with E-state index in [-0.39, 0.29) is 0 Å². The van der Waals surface area contributed by atoms with Crippen molar-refractivity contribution in [2.75, 3.05) is 20.3 Å². The van der Waals surface area contributed by atoms with Gasteiger partial charge in [-0.25, -0.2) is 0 Å². The average Bonchev–Trinajstić information content (AvgIpc) is 2.20. The van der Waals surface area contributed by atoms with E-state index >= 15 is 0 Å². The highest BCUT2D eigenvalue weighted by atomic mass is 16.3. The molecule has 0 bridgehead atoms. The summed E-state index contributed by atoms with van der Waals surface area (Å²) in [5, 5.41) is 29.8. The number of carbonyl (C=O) groups is 1. The normalized spacial score (nSPS) is 13.8. The van der Waals surface area contributed by atoms with E-state index in [4.69, 9.17) is 10.2 Å². The largest absolute Gasteiger partial charge is 0.394 e. The number of nitrogens with one attached hydrogen (secondary N) is 1. The molecule has 0 heterocycles. The van der Waals surface area contributed by atoms with E-state index in [0.717, 1.165) is 6.08 Å². The maximum atomic E-state index is 11.0. The van der Waals surface area contributed by atoms with Crippen LogP contribution >= 0.6 is 0 Å². The molecule has 0 amide bonds. The Balaban J connectivity index is 4.71. The fourth-order valence-electron chi connectivity index (χ4n) is 0.902. The predicted octanol–water partition coefficient (Wildman–Crippen LogP) is -1.95. The van der Waals surface area contributed by atoms with Gasteiger partial charge in [0, 0.05) is 0 Å². The van der Waals surface area contributed by atoms with E-state index in [9.17, 15) is 9.90 Å². The van der Waals surface area contributed by atoms with Crippen molar-refractivity contribution in [3.63, 3.8) is 0 Å². The average molecular weight is 189 g/mol. The van der Waals surface area contributed by atoms with Crippen LogP contribution in [0, 0.1) is 0 Å². The summed E-state index contributed by atoms with van der Waals surface area (Å²) in [5.74, 6) is -0.641. The third kappa shape index (κ3) is 2.35. The van der Waals surface area contributed by atoms with Crippen molar-refractivity contribution < 1.29 is 20.1 Å². The van der Waals surface area contributed by atoms with Crippen molar-refractivity contribution in [2.45, 2.75) is 11.6 Å². The van der Waals surface area contributed by atoms with Crippen LogP contribution in [0.25, 0.3) is 0 Å². The number of rotatable bonds is 6. The van der Waals surface area contributed by atoms with E-state index < -0.39 is 30.6 Å². The van der Waals surface area contributed by atoms with Gasteiger partial charge >= 0.3 is 0 Å². The van der Waals surface area contributed by atoms with Crippen LogP contribution in [0.1, 0.15) is 0 Å². The molecule has 0 saturated carbocycles. The highest BCUT2D eigenvalue weighted by Gasteiger charge is 2.38. The molecular formula is C8H15NO4. The molecule has 0 aromatic carbocycles. The van der Waals surface area contributed by atoms with E-state index in [2.05, 4.69) is 11.9 Å². The molecule has 1 unspecified atom stereocenters. The van der Waals surface area contributed by atoms with E-state index in [1.807, 2.05) is 0 Å². The first kappa shape index (κ1) is 12.2. The van der Waals surface area contributed by atoms with Crippen molar-refractivity contribution in [2.24, 2.45) is 0 Å².